The van der Waals surface area contributed by atoms with Gasteiger partial charge in [0.15, 0.2) is 0 Å². The molecular weight excluding hydrogens is 346 g/mol. The number of likely N-dealkylation sites (tertiary alicyclic amines) is 2. The van der Waals surface area contributed by atoms with Crippen LogP contribution in [0.1, 0.15) is 32.1 Å². The van der Waals surface area contributed by atoms with Crippen LogP contribution >= 0.6 is 0 Å². The minimum atomic E-state index is -0.138. The number of ether oxygens (including phenoxy) is 2. The smallest absolute Gasteiger partial charge is 0.308 e. The summed E-state index contributed by atoms with van der Waals surface area (Å²) in [7, 11) is 1.43. The zero-order valence-electron chi connectivity index (χ0n) is 16.7. The van der Waals surface area contributed by atoms with Crippen molar-refractivity contribution in [1.29, 1.82) is 0 Å². The van der Waals surface area contributed by atoms with Crippen molar-refractivity contribution in [2.45, 2.75) is 32.1 Å². The van der Waals surface area contributed by atoms with Gasteiger partial charge in [0.05, 0.1) is 32.8 Å². The van der Waals surface area contributed by atoms with Crippen LogP contribution in [0, 0.1) is 11.8 Å². The highest BCUT2D eigenvalue weighted by Crippen LogP contribution is 2.22. The molecule has 3 aliphatic rings. The first kappa shape index (κ1) is 20.6. The number of carbonyl (C=O) groups is 2. The van der Waals surface area contributed by atoms with Gasteiger partial charge < -0.3 is 14.4 Å². The molecule has 3 heterocycles. The van der Waals surface area contributed by atoms with Crippen molar-refractivity contribution in [2.75, 3.05) is 72.7 Å². The molecular formula is C20H35N3O4. The molecule has 27 heavy (non-hydrogen) atoms. The summed E-state index contributed by atoms with van der Waals surface area (Å²) in [4.78, 5) is 30.9. The molecule has 0 bridgehead atoms. The SMILES string of the molecule is COC(=O)C1CCN(C(=O)CN2CCC(CCN3CCOCC3)CC2)CC1. The Labute approximate surface area is 162 Å². The van der Waals surface area contributed by atoms with E-state index < -0.39 is 0 Å². The Kier molecular flexibility index (Phi) is 7.91. The van der Waals surface area contributed by atoms with E-state index in [4.69, 9.17) is 9.47 Å². The van der Waals surface area contributed by atoms with Gasteiger partial charge in [-0.2, -0.15) is 0 Å². The van der Waals surface area contributed by atoms with Crippen molar-refractivity contribution in [3.05, 3.63) is 0 Å². The van der Waals surface area contributed by atoms with E-state index in [-0.39, 0.29) is 17.8 Å². The van der Waals surface area contributed by atoms with E-state index in [1.54, 1.807) is 0 Å². The van der Waals surface area contributed by atoms with Crippen LogP contribution in [0.5, 0.6) is 0 Å². The highest BCUT2D eigenvalue weighted by Gasteiger charge is 2.29. The minimum absolute atomic E-state index is 0.0405. The molecule has 7 nitrogen and oxygen atoms in total. The molecule has 3 fully saturated rings. The summed E-state index contributed by atoms with van der Waals surface area (Å²) in [6, 6.07) is 0. The van der Waals surface area contributed by atoms with Crippen molar-refractivity contribution in [3.63, 3.8) is 0 Å². The van der Waals surface area contributed by atoms with Crippen molar-refractivity contribution in [1.82, 2.24) is 14.7 Å². The summed E-state index contributed by atoms with van der Waals surface area (Å²) < 4.78 is 10.2. The second-order valence-electron chi connectivity index (χ2n) is 8.14. The molecule has 0 aliphatic carbocycles. The third kappa shape index (κ3) is 6.16. The predicted molar refractivity (Wildman–Crippen MR) is 102 cm³/mol. The van der Waals surface area contributed by atoms with Gasteiger partial charge >= 0.3 is 5.97 Å². The maximum absolute atomic E-state index is 12.6. The Balaban J connectivity index is 1.31. The van der Waals surface area contributed by atoms with Gasteiger partial charge in [-0.05, 0) is 57.7 Å². The number of nitrogens with zero attached hydrogens (tertiary/aromatic N) is 3. The molecule has 0 atom stereocenters. The lowest BCUT2D eigenvalue weighted by molar-refractivity contribution is -0.149. The van der Waals surface area contributed by atoms with Crippen LogP contribution in [0.2, 0.25) is 0 Å². The van der Waals surface area contributed by atoms with Gasteiger partial charge in [-0.25, -0.2) is 0 Å². The Bertz CT molecular complexity index is 480. The fraction of sp³-hybridized carbons (Fsp3) is 0.900. The summed E-state index contributed by atoms with van der Waals surface area (Å²) >= 11 is 0. The summed E-state index contributed by atoms with van der Waals surface area (Å²) in [5, 5.41) is 0. The summed E-state index contributed by atoms with van der Waals surface area (Å²) in [5.74, 6) is 0.822. The molecule has 0 aromatic rings. The molecule has 3 saturated heterocycles. The van der Waals surface area contributed by atoms with E-state index in [0.29, 0.717) is 19.6 Å². The van der Waals surface area contributed by atoms with Gasteiger partial charge in [-0.1, -0.05) is 0 Å². The van der Waals surface area contributed by atoms with Gasteiger partial charge in [0.1, 0.15) is 0 Å². The van der Waals surface area contributed by atoms with Crippen LogP contribution < -0.4 is 0 Å². The third-order valence-electron chi connectivity index (χ3n) is 6.41. The van der Waals surface area contributed by atoms with Gasteiger partial charge in [0.25, 0.3) is 0 Å². The van der Waals surface area contributed by atoms with Crippen LogP contribution in [0.4, 0.5) is 0 Å². The molecule has 0 spiro atoms. The lowest BCUT2D eigenvalue weighted by Gasteiger charge is -2.36. The summed E-state index contributed by atoms with van der Waals surface area (Å²) in [5.41, 5.74) is 0. The van der Waals surface area contributed by atoms with Crippen LogP contribution in [-0.4, -0.2) is 99.3 Å². The molecule has 0 radical (unpaired) electrons. The average Bonchev–Trinajstić information content (AvgIpc) is 2.73. The number of methoxy groups -OCH3 is 1. The van der Waals surface area contributed by atoms with E-state index in [0.717, 1.165) is 58.2 Å². The molecule has 0 aromatic heterocycles. The number of carbonyl (C=O) groups excluding carboxylic acids is 2. The van der Waals surface area contributed by atoms with Crippen molar-refractivity contribution in [3.8, 4) is 0 Å². The van der Waals surface area contributed by atoms with Crippen molar-refractivity contribution < 1.29 is 19.1 Å². The van der Waals surface area contributed by atoms with Crippen LogP contribution in [-0.2, 0) is 19.1 Å². The highest BCUT2D eigenvalue weighted by atomic mass is 16.5. The maximum atomic E-state index is 12.6. The van der Waals surface area contributed by atoms with E-state index in [1.807, 2.05) is 4.90 Å². The lowest BCUT2D eigenvalue weighted by atomic mass is 9.93. The Morgan fingerprint density at radius 3 is 2.22 bits per heavy atom. The molecule has 1 amide bonds. The van der Waals surface area contributed by atoms with Crippen molar-refractivity contribution >= 4 is 11.9 Å². The second-order valence-corrected chi connectivity index (χ2v) is 8.14. The fourth-order valence-corrected chi connectivity index (χ4v) is 4.45. The standard InChI is InChI=1S/C20H35N3O4/c1-26-20(25)18-5-10-23(11-6-18)19(24)16-22-8-3-17(4-9-22)2-7-21-12-14-27-15-13-21/h17-18H,2-16H2,1H3. The van der Waals surface area contributed by atoms with Gasteiger partial charge in [-0.3, -0.25) is 19.4 Å². The zero-order chi connectivity index (χ0) is 19.1. The maximum Gasteiger partial charge on any atom is 0.308 e. The molecule has 154 valence electrons. The quantitative estimate of drug-likeness (QED) is 0.635. The molecule has 0 saturated carbocycles. The van der Waals surface area contributed by atoms with Gasteiger partial charge in [0, 0.05) is 26.2 Å². The summed E-state index contributed by atoms with van der Waals surface area (Å²) in [6.07, 6.45) is 5.11. The monoisotopic (exact) mass is 381 g/mol. The van der Waals surface area contributed by atoms with E-state index >= 15 is 0 Å². The number of morpholine rings is 1. The molecule has 0 aromatic carbocycles. The third-order valence-corrected chi connectivity index (χ3v) is 6.41. The largest absolute Gasteiger partial charge is 0.469 e. The lowest BCUT2D eigenvalue weighted by Crippen LogP contribution is -2.47. The first-order valence-electron chi connectivity index (χ1n) is 10.5. The molecule has 3 aliphatic heterocycles. The number of piperidine rings is 2. The number of esters is 1. The Morgan fingerprint density at radius 2 is 1.59 bits per heavy atom. The van der Waals surface area contributed by atoms with Gasteiger partial charge in [-0.15, -0.1) is 0 Å². The molecule has 7 heteroatoms. The first-order chi connectivity index (χ1) is 13.2. The molecule has 0 unspecified atom stereocenters. The topological polar surface area (TPSA) is 62.3 Å². The number of hydrogen-bond acceptors (Lipinski definition) is 6. The average molecular weight is 382 g/mol. The first-order valence-corrected chi connectivity index (χ1v) is 10.5. The second kappa shape index (κ2) is 10.4. The minimum Gasteiger partial charge on any atom is -0.469 e. The highest BCUT2D eigenvalue weighted by molar-refractivity contribution is 5.79. The van der Waals surface area contributed by atoms with Crippen LogP contribution in [0.15, 0.2) is 0 Å². The zero-order valence-corrected chi connectivity index (χ0v) is 16.7. The van der Waals surface area contributed by atoms with E-state index in [9.17, 15) is 9.59 Å². The number of rotatable bonds is 6. The normalized spacial score (nSPS) is 24.1. The molecule has 3 rings (SSSR count). The number of amides is 1. The van der Waals surface area contributed by atoms with Crippen LogP contribution in [0.25, 0.3) is 0 Å². The molecule has 0 N–H and O–H groups in total. The predicted octanol–water partition coefficient (Wildman–Crippen LogP) is 0.832. The fourth-order valence-electron chi connectivity index (χ4n) is 4.45. The van der Waals surface area contributed by atoms with Crippen molar-refractivity contribution in [2.24, 2.45) is 11.8 Å². The van der Waals surface area contributed by atoms with Gasteiger partial charge in [0.2, 0.25) is 5.91 Å². The van der Waals surface area contributed by atoms with E-state index in [1.165, 1.54) is 32.9 Å². The number of hydrogen-bond donors (Lipinski definition) is 0. The summed E-state index contributed by atoms with van der Waals surface area (Å²) in [6.45, 7) is 9.00. The Hall–Kier alpha value is -1.18. The van der Waals surface area contributed by atoms with Crippen LogP contribution in [0.3, 0.4) is 0 Å². The van der Waals surface area contributed by atoms with E-state index in [2.05, 4.69) is 9.80 Å². The Morgan fingerprint density at radius 1 is 0.926 bits per heavy atom.